The molecule has 0 amide bonds. The molecule has 4 heteroatoms. The van der Waals surface area contributed by atoms with E-state index in [0.717, 1.165) is 18.3 Å². The van der Waals surface area contributed by atoms with Crippen LogP contribution < -0.4 is 0 Å². The van der Waals surface area contributed by atoms with Gasteiger partial charge in [-0.25, -0.2) is 0 Å². The van der Waals surface area contributed by atoms with E-state index in [-0.39, 0.29) is 0 Å². The summed E-state index contributed by atoms with van der Waals surface area (Å²) in [5.41, 5.74) is 0. The largest absolute Gasteiger partial charge is 0.300 e. The third kappa shape index (κ3) is 7.07. The lowest BCUT2D eigenvalue weighted by atomic mass is 10.3. The highest BCUT2D eigenvalue weighted by Gasteiger charge is 2.36. The molecule has 0 rings (SSSR count). The number of hydrogen-bond donors (Lipinski definition) is 0. The molecule has 110 valence electrons. The Labute approximate surface area is 117 Å². The minimum absolute atomic E-state index is 0.781. The van der Waals surface area contributed by atoms with E-state index in [2.05, 4.69) is 39.7 Å². The van der Waals surface area contributed by atoms with Crippen LogP contribution in [-0.4, -0.2) is 41.4 Å². The van der Waals surface area contributed by atoms with Crippen molar-refractivity contribution in [1.29, 1.82) is 0 Å². The van der Waals surface area contributed by atoms with Crippen LogP contribution in [0.25, 0.3) is 0 Å². The van der Waals surface area contributed by atoms with Crippen molar-refractivity contribution in [3.63, 3.8) is 0 Å². The summed E-state index contributed by atoms with van der Waals surface area (Å²) in [6.45, 7) is 19.2. The normalized spacial score (nSPS) is 15.2. The van der Waals surface area contributed by atoms with E-state index < -0.39 is 16.1 Å². The summed E-state index contributed by atoms with van der Waals surface area (Å²) in [6, 6.07) is 1.47. The molecule has 0 saturated carbocycles. The first-order chi connectivity index (χ1) is 8.11. The molecule has 0 radical (unpaired) electrons. The van der Waals surface area contributed by atoms with Crippen molar-refractivity contribution in [1.82, 2.24) is 5.06 Å². The Morgan fingerprint density at radius 3 is 2.06 bits per heavy atom. The predicted molar refractivity (Wildman–Crippen MR) is 88.5 cm³/mol. The molecule has 0 aromatic heterocycles. The van der Waals surface area contributed by atoms with Crippen LogP contribution in [0, 0.1) is 0 Å². The summed E-state index contributed by atoms with van der Waals surface area (Å²) >= 11 is 0. The second kappa shape index (κ2) is 7.83. The lowest BCUT2D eigenvalue weighted by Crippen LogP contribution is -2.44. The molecule has 18 heavy (non-hydrogen) atoms. The number of hydrogen-bond acceptors (Lipinski definition) is 2. The van der Waals surface area contributed by atoms with E-state index >= 15 is 0 Å². The van der Waals surface area contributed by atoms with Crippen molar-refractivity contribution in [2.45, 2.75) is 70.6 Å². The zero-order valence-electron chi connectivity index (χ0n) is 14.0. The lowest BCUT2D eigenvalue weighted by molar-refractivity contribution is -0.134. The summed E-state index contributed by atoms with van der Waals surface area (Å²) in [5, 5.41) is 2.99. The Morgan fingerprint density at radius 2 is 1.61 bits per heavy atom. The van der Waals surface area contributed by atoms with Crippen LogP contribution in [0.1, 0.15) is 26.7 Å². The van der Waals surface area contributed by atoms with E-state index in [4.69, 9.17) is 4.84 Å². The second-order valence-corrected chi connectivity index (χ2v) is 18.8. The van der Waals surface area contributed by atoms with Gasteiger partial charge in [0.05, 0.1) is 6.61 Å². The average Bonchev–Trinajstić information content (AvgIpc) is 2.22. The molecular weight excluding hydrogens is 254 g/mol. The molecule has 0 aromatic carbocycles. The van der Waals surface area contributed by atoms with Crippen LogP contribution in [0.2, 0.25) is 43.9 Å². The Morgan fingerprint density at radius 1 is 1.06 bits per heavy atom. The average molecular weight is 290 g/mol. The fourth-order valence-electron chi connectivity index (χ4n) is 2.59. The molecule has 0 bridgehead atoms. The molecule has 0 fully saturated rings. The van der Waals surface area contributed by atoms with E-state index in [0.29, 0.717) is 0 Å². The van der Waals surface area contributed by atoms with Gasteiger partial charge in [0.2, 0.25) is 0 Å². The van der Waals surface area contributed by atoms with Gasteiger partial charge in [-0.2, -0.15) is 5.06 Å². The zero-order chi connectivity index (χ0) is 14.4. The van der Waals surface area contributed by atoms with E-state index in [1.165, 1.54) is 18.9 Å². The number of rotatable bonds is 9. The number of unbranched alkanes of at least 4 members (excludes halogenated alkanes) is 1. The molecule has 0 spiro atoms. The van der Waals surface area contributed by atoms with Gasteiger partial charge in [0.1, 0.15) is 0 Å². The molecule has 0 aromatic rings. The second-order valence-electron chi connectivity index (χ2n) is 7.30. The van der Waals surface area contributed by atoms with Gasteiger partial charge in [0.25, 0.3) is 0 Å². The Balaban J connectivity index is 3.98. The van der Waals surface area contributed by atoms with Crippen LogP contribution in [-0.2, 0) is 4.84 Å². The zero-order valence-corrected chi connectivity index (χ0v) is 16.0. The molecule has 0 heterocycles. The van der Waals surface area contributed by atoms with Crippen molar-refractivity contribution in [3.8, 4) is 0 Å². The highest BCUT2D eigenvalue weighted by molar-refractivity contribution is 6.96. The Hall–Kier alpha value is 0.354. The van der Waals surface area contributed by atoms with Gasteiger partial charge >= 0.3 is 0 Å². The van der Waals surface area contributed by atoms with Gasteiger partial charge < -0.3 is 0 Å². The minimum atomic E-state index is -1.03. The Bertz CT molecular complexity index is 226. The quantitative estimate of drug-likeness (QED) is 0.349. The van der Waals surface area contributed by atoms with Crippen LogP contribution in [0.5, 0.6) is 0 Å². The van der Waals surface area contributed by atoms with Gasteiger partial charge in [-0.15, -0.1) is 0 Å². The summed E-state index contributed by atoms with van der Waals surface area (Å²) in [7, 11) is 0.0441. The van der Waals surface area contributed by atoms with Gasteiger partial charge in [0, 0.05) is 29.7 Å². The lowest BCUT2D eigenvalue weighted by Gasteiger charge is -2.38. The SMILES string of the molecule is CCON(C)CCCC[Si](C)(C)C(C)[Si](C)(C)C. The van der Waals surface area contributed by atoms with Crippen molar-refractivity contribution in [3.05, 3.63) is 0 Å². The van der Waals surface area contributed by atoms with Crippen LogP contribution in [0.15, 0.2) is 0 Å². The van der Waals surface area contributed by atoms with Crippen molar-refractivity contribution >= 4 is 16.1 Å². The van der Waals surface area contributed by atoms with Crippen molar-refractivity contribution < 1.29 is 4.84 Å². The fraction of sp³-hybridized carbons (Fsp3) is 1.00. The predicted octanol–water partition coefficient (Wildman–Crippen LogP) is 4.63. The third-order valence-corrected chi connectivity index (χ3v) is 15.9. The Kier molecular flexibility index (Phi) is 7.98. The number of nitrogens with zero attached hydrogens (tertiary/aromatic N) is 1. The molecule has 1 atom stereocenters. The molecular formula is C14H35NOSi2. The first kappa shape index (κ1) is 18.4. The van der Waals surface area contributed by atoms with Crippen LogP contribution >= 0.6 is 0 Å². The van der Waals surface area contributed by atoms with Crippen LogP contribution in [0.4, 0.5) is 0 Å². The van der Waals surface area contributed by atoms with E-state index in [1.807, 2.05) is 19.0 Å². The summed E-state index contributed by atoms with van der Waals surface area (Å²) in [4.78, 5) is 5.43. The molecule has 0 saturated heterocycles. The third-order valence-electron chi connectivity index (χ3n) is 4.36. The minimum Gasteiger partial charge on any atom is -0.300 e. The molecule has 0 N–H and O–H groups in total. The molecule has 0 aliphatic carbocycles. The molecule has 0 aliphatic rings. The highest BCUT2D eigenvalue weighted by Crippen LogP contribution is 2.35. The first-order valence-corrected chi connectivity index (χ1v) is 14.3. The molecule has 2 nitrogen and oxygen atoms in total. The maximum absolute atomic E-state index is 5.43. The van der Waals surface area contributed by atoms with Gasteiger partial charge in [-0.05, 0) is 13.3 Å². The summed E-state index contributed by atoms with van der Waals surface area (Å²) in [5.74, 6) is 0. The summed E-state index contributed by atoms with van der Waals surface area (Å²) < 4.78 is 0. The van der Waals surface area contributed by atoms with E-state index in [9.17, 15) is 0 Å². The maximum atomic E-state index is 5.43. The topological polar surface area (TPSA) is 12.5 Å². The fourth-order valence-corrected chi connectivity index (χ4v) is 14.0. The highest BCUT2D eigenvalue weighted by atomic mass is 28.4. The van der Waals surface area contributed by atoms with Gasteiger partial charge in [-0.3, -0.25) is 4.84 Å². The smallest absolute Gasteiger partial charge is 0.0656 e. The molecule has 1 unspecified atom stereocenters. The van der Waals surface area contributed by atoms with Gasteiger partial charge in [-0.1, -0.05) is 57.3 Å². The number of hydroxylamine groups is 2. The maximum Gasteiger partial charge on any atom is 0.0656 e. The van der Waals surface area contributed by atoms with E-state index in [1.54, 1.807) is 0 Å². The van der Waals surface area contributed by atoms with Crippen LogP contribution in [0.3, 0.4) is 0 Å². The first-order valence-electron chi connectivity index (χ1n) is 7.45. The van der Waals surface area contributed by atoms with Crippen molar-refractivity contribution in [2.75, 3.05) is 20.2 Å². The van der Waals surface area contributed by atoms with Gasteiger partial charge in [0.15, 0.2) is 0 Å². The summed E-state index contributed by atoms with van der Waals surface area (Å²) in [6.07, 6.45) is 2.64. The molecule has 0 aliphatic heterocycles. The van der Waals surface area contributed by atoms with Crippen molar-refractivity contribution in [2.24, 2.45) is 0 Å². The standard InChI is InChI=1S/C14H35NOSi2/c1-9-16-15(3)12-10-11-13-18(7,8)14(2)17(4,5)6/h14H,9-13H2,1-8H3. The monoisotopic (exact) mass is 289 g/mol.